The third-order valence-electron chi connectivity index (χ3n) is 3.16. The number of benzene rings is 3. The van der Waals surface area contributed by atoms with E-state index in [1.54, 1.807) is 0 Å². The zero-order valence-electron chi connectivity index (χ0n) is 11.9. The smallest absolute Gasteiger partial charge is 0.0623 e. The van der Waals surface area contributed by atoms with Crippen molar-refractivity contribution in [2.24, 2.45) is 4.99 Å². The van der Waals surface area contributed by atoms with Gasteiger partial charge in [0.15, 0.2) is 0 Å². The molecule has 2 heteroatoms. The molecule has 4 rings (SSSR count). The van der Waals surface area contributed by atoms with Crippen molar-refractivity contribution >= 4 is 25.3 Å². The third-order valence-corrected chi connectivity index (χ3v) is 5.76. The average Bonchev–Trinajstić information content (AvgIpc) is 2.55. The van der Waals surface area contributed by atoms with Crippen LogP contribution in [0.4, 0.5) is 5.69 Å². The second-order valence-electron chi connectivity index (χ2n) is 4.86. The van der Waals surface area contributed by atoms with Gasteiger partial charge in [0.2, 0.25) is 0 Å². The van der Waals surface area contributed by atoms with E-state index < -0.39 is 0 Å². The maximum absolute atomic E-state index is 4.69. The summed E-state index contributed by atoms with van der Waals surface area (Å²) in [6.45, 7) is 2.12. The minimum absolute atomic E-state index is 0.122. The van der Waals surface area contributed by atoms with Gasteiger partial charge in [0, 0.05) is 0 Å². The molecule has 0 atom stereocenters. The summed E-state index contributed by atoms with van der Waals surface area (Å²) < 4.78 is 2.85. The molecular weight excluding hydrogens is 317 g/mol. The molecule has 102 valence electrons. The molecule has 0 spiro atoms. The first-order valence-electron chi connectivity index (χ1n) is 6.96. The Labute approximate surface area is 131 Å². The normalized spacial score (nSPS) is 11.7. The van der Waals surface area contributed by atoms with Crippen molar-refractivity contribution < 1.29 is 0 Å². The van der Waals surface area contributed by atoms with Crippen molar-refractivity contribution in [3.8, 4) is 0 Å². The Kier molecular flexibility index (Phi) is 4.42. The Morgan fingerprint density at radius 2 is 1.43 bits per heavy atom. The fourth-order valence-corrected chi connectivity index (χ4v) is 4.29. The molecule has 0 saturated carbocycles. The van der Waals surface area contributed by atoms with Crippen LogP contribution in [0.15, 0.2) is 83.9 Å². The van der Waals surface area contributed by atoms with E-state index in [0.29, 0.717) is 0 Å². The van der Waals surface area contributed by atoms with Crippen molar-refractivity contribution in [2.75, 3.05) is 0 Å². The van der Waals surface area contributed by atoms with E-state index in [4.69, 9.17) is 4.99 Å². The molecule has 0 aromatic heterocycles. The summed E-state index contributed by atoms with van der Waals surface area (Å²) in [4.78, 5) is 4.69. The van der Waals surface area contributed by atoms with Crippen LogP contribution in [0.1, 0.15) is 5.56 Å². The standard InChI is InChI=1S/C13H10AsN.C6H6/c1-9-6-7-11-13(8-9)15-12-5-3-2-4-10(12)14-11;1-2-4-6-5-3-1/h2-8H,1H3;1-6H. The van der Waals surface area contributed by atoms with Crippen LogP contribution >= 0.6 is 0 Å². The van der Waals surface area contributed by atoms with Gasteiger partial charge in [0.05, 0.1) is 0 Å². The Bertz CT molecular complexity index is 828. The number of nitrogens with zero attached hydrogens (tertiary/aromatic N) is 1. The zero-order chi connectivity index (χ0) is 14.5. The van der Waals surface area contributed by atoms with Crippen LogP contribution in [0.3, 0.4) is 0 Å². The maximum atomic E-state index is 4.69. The predicted octanol–water partition coefficient (Wildman–Crippen LogP) is 3.23. The van der Waals surface area contributed by atoms with Gasteiger partial charge in [-0.1, -0.05) is 36.4 Å². The van der Waals surface area contributed by atoms with Crippen LogP contribution in [0.25, 0.3) is 0 Å². The minimum atomic E-state index is 0.122. The van der Waals surface area contributed by atoms with E-state index in [1.165, 1.54) is 19.2 Å². The van der Waals surface area contributed by atoms with Crippen molar-refractivity contribution in [1.82, 2.24) is 0 Å². The molecule has 0 aliphatic carbocycles. The second-order valence-corrected chi connectivity index (χ2v) is 7.35. The van der Waals surface area contributed by atoms with Crippen LogP contribution in [-0.2, 0) is 0 Å². The zero-order valence-corrected chi connectivity index (χ0v) is 13.8. The van der Waals surface area contributed by atoms with Crippen LogP contribution in [0.5, 0.6) is 0 Å². The number of fused-ring (bicyclic) bond motifs is 2. The molecule has 1 aliphatic rings. The molecule has 1 aliphatic heterocycles. The first-order valence-corrected chi connectivity index (χ1v) is 8.84. The number of hydrogen-bond acceptors (Lipinski definition) is 1. The van der Waals surface area contributed by atoms with Crippen LogP contribution in [-0.4, -0.2) is 15.3 Å². The summed E-state index contributed by atoms with van der Waals surface area (Å²) in [5.74, 6) is 0. The number of rotatable bonds is 0. The first kappa shape index (κ1) is 14.0. The molecule has 1 heterocycles. The molecule has 0 bridgehead atoms. The van der Waals surface area contributed by atoms with Crippen molar-refractivity contribution in [3.63, 3.8) is 0 Å². The van der Waals surface area contributed by atoms with E-state index in [-0.39, 0.29) is 15.3 Å². The molecule has 21 heavy (non-hydrogen) atoms. The van der Waals surface area contributed by atoms with Gasteiger partial charge >= 0.3 is 94.6 Å². The number of para-hydroxylation sites is 1. The van der Waals surface area contributed by atoms with Gasteiger partial charge in [-0.05, 0) is 0 Å². The molecule has 0 unspecified atom stereocenters. The van der Waals surface area contributed by atoms with Gasteiger partial charge in [-0.3, -0.25) is 0 Å². The number of aryl methyl sites for hydroxylation is 1. The predicted molar refractivity (Wildman–Crippen MR) is 89.1 cm³/mol. The quantitative estimate of drug-likeness (QED) is 0.438. The van der Waals surface area contributed by atoms with Crippen LogP contribution in [0, 0.1) is 10.9 Å². The topological polar surface area (TPSA) is 12.4 Å². The van der Waals surface area contributed by atoms with Crippen LogP contribution < -0.4 is 9.71 Å². The van der Waals surface area contributed by atoms with Gasteiger partial charge in [-0.25, -0.2) is 0 Å². The van der Waals surface area contributed by atoms with Crippen LogP contribution in [0.2, 0.25) is 0 Å². The van der Waals surface area contributed by atoms with E-state index in [0.717, 1.165) is 5.69 Å². The minimum Gasteiger partial charge on any atom is -0.0623 e. The summed E-state index contributed by atoms with van der Waals surface area (Å²) in [6.07, 6.45) is 0. The fourth-order valence-electron chi connectivity index (χ4n) is 2.12. The molecule has 0 N–H and O–H groups in total. The molecular formula is C19H16AsN. The Hall–Kier alpha value is -1.98. The summed E-state index contributed by atoms with van der Waals surface area (Å²) >= 11 is 0.122. The first-order chi connectivity index (χ1) is 10.3. The Morgan fingerprint density at radius 1 is 0.762 bits per heavy atom. The van der Waals surface area contributed by atoms with Gasteiger partial charge in [0.25, 0.3) is 0 Å². The fraction of sp³-hybridized carbons (Fsp3) is 0.0526. The van der Waals surface area contributed by atoms with E-state index in [1.807, 2.05) is 36.4 Å². The van der Waals surface area contributed by atoms with Gasteiger partial charge in [0.1, 0.15) is 0 Å². The summed E-state index contributed by atoms with van der Waals surface area (Å²) in [6, 6.07) is 27.0. The largest absolute Gasteiger partial charge is 0.0623 e. The number of hydrogen-bond donors (Lipinski definition) is 0. The Balaban J connectivity index is 0.000000186. The average molecular weight is 333 g/mol. The van der Waals surface area contributed by atoms with Crippen molar-refractivity contribution in [3.05, 3.63) is 93.7 Å². The summed E-state index contributed by atoms with van der Waals surface area (Å²) in [5, 5.41) is 1.17. The summed E-state index contributed by atoms with van der Waals surface area (Å²) in [5.41, 5.74) is 2.45. The van der Waals surface area contributed by atoms with Gasteiger partial charge in [-0.15, -0.1) is 0 Å². The van der Waals surface area contributed by atoms with E-state index >= 15 is 0 Å². The second kappa shape index (κ2) is 6.65. The molecule has 3 aromatic carbocycles. The molecule has 1 nitrogen and oxygen atoms in total. The van der Waals surface area contributed by atoms with E-state index in [9.17, 15) is 0 Å². The molecule has 3 aromatic rings. The molecule has 0 saturated heterocycles. The maximum Gasteiger partial charge on any atom is -0.0623 e. The monoisotopic (exact) mass is 333 g/mol. The molecule has 0 amide bonds. The van der Waals surface area contributed by atoms with Crippen molar-refractivity contribution in [1.29, 1.82) is 0 Å². The Morgan fingerprint density at radius 3 is 2.14 bits per heavy atom. The van der Waals surface area contributed by atoms with Gasteiger partial charge < -0.3 is 0 Å². The van der Waals surface area contributed by atoms with Gasteiger partial charge in [-0.2, -0.15) is 0 Å². The van der Waals surface area contributed by atoms with Crippen molar-refractivity contribution in [2.45, 2.75) is 6.92 Å². The summed E-state index contributed by atoms with van der Waals surface area (Å²) in [7, 11) is 0. The molecule has 0 radical (unpaired) electrons. The van der Waals surface area contributed by atoms with E-state index in [2.05, 4.69) is 49.4 Å². The SMILES string of the molecule is Cc1ccc2c(c1)=Nc1ccccc1[As]=2.c1ccccc1. The molecule has 0 fully saturated rings. The third kappa shape index (κ3) is 3.56.